The van der Waals surface area contributed by atoms with Gasteiger partial charge in [0.05, 0.1) is 18.6 Å². The third kappa shape index (κ3) is 3.95. The van der Waals surface area contributed by atoms with Gasteiger partial charge in [0.1, 0.15) is 5.00 Å². The van der Waals surface area contributed by atoms with E-state index in [4.69, 9.17) is 5.11 Å². The van der Waals surface area contributed by atoms with Gasteiger partial charge < -0.3 is 14.7 Å². The number of nitrogens with one attached hydrogen (secondary N) is 1. The van der Waals surface area contributed by atoms with E-state index in [1.807, 2.05) is 0 Å². The molecular weight excluding hydrogens is 284 g/mol. The number of carboxylic acids is 1. The molecule has 0 fully saturated rings. The Morgan fingerprint density at radius 2 is 2.15 bits per heavy atom. The minimum Gasteiger partial charge on any atom is -0.478 e. The Bertz CT molecular complexity index is 514. The lowest BCUT2D eigenvalue weighted by Gasteiger charge is -2.20. The lowest BCUT2D eigenvalue weighted by Crippen LogP contribution is -2.37. The van der Waals surface area contributed by atoms with E-state index in [1.54, 1.807) is 12.3 Å². The fourth-order valence-electron chi connectivity index (χ4n) is 1.54. The first-order chi connectivity index (χ1) is 9.36. The number of anilines is 1. The van der Waals surface area contributed by atoms with Crippen molar-refractivity contribution in [2.45, 2.75) is 6.92 Å². The Morgan fingerprint density at radius 3 is 2.70 bits per heavy atom. The second kappa shape index (κ2) is 6.90. The number of hydrogen-bond acceptors (Lipinski definition) is 5. The fourth-order valence-corrected chi connectivity index (χ4v) is 2.31. The fraction of sp³-hybridized carbons (Fsp3) is 0.417. The molecule has 1 aromatic heterocycles. The monoisotopic (exact) mass is 300 g/mol. The molecule has 1 rings (SSSR count). The normalized spacial score (nSPS) is 11.6. The van der Waals surface area contributed by atoms with E-state index >= 15 is 0 Å². The molecular formula is C12H16N2O5S. The maximum absolute atomic E-state index is 11.9. The number of carbonyl (C=O) groups is 3. The molecule has 110 valence electrons. The van der Waals surface area contributed by atoms with Gasteiger partial charge in [0.25, 0.3) is 0 Å². The summed E-state index contributed by atoms with van der Waals surface area (Å²) < 4.78 is 4.58. The maximum Gasteiger partial charge on any atom is 0.338 e. The summed E-state index contributed by atoms with van der Waals surface area (Å²) in [5.74, 6) is -1.97. The first-order valence-corrected chi connectivity index (χ1v) is 6.65. The second-order valence-corrected chi connectivity index (χ2v) is 5.12. The highest BCUT2D eigenvalue weighted by Crippen LogP contribution is 2.23. The number of aromatic carboxylic acids is 1. The van der Waals surface area contributed by atoms with E-state index in [2.05, 4.69) is 10.1 Å². The summed E-state index contributed by atoms with van der Waals surface area (Å²) >= 11 is 1.12. The number of esters is 1. The van der Waals surface area contributed by atoms with Crippen LogP contribution in [0.25, 0.3) is 0 Å². The molecule has 0 aliphatic rings. The first-order valence-electron chi connectivity index (χ1n) is 5.77. The van der Waals surface area contributed by atoms with Crippen LogP contribution in [-0.4, -0.2) is 48.7 Å². The number of urea groups is 1. The molecule has 1 atom stereocenters. The molecule has 0 radical (unpaired) electrons. The number of rotatable bonds is 5. The van der Waals surface area contributed by atoms with Crippen molar-refractivity contribution in [2.24, 2.45) is 5.92 Å². The minimum absolute atomic E-state index is 0.0396. The number of hydrogen-bond donors (Lipinski definition) is 2. The van der Waals surface area contributed by atoms with Crippen LogP contribution >= 0.6 is 11.3 Å². The zero-order valence-electron chi connectivity index (χ0n) is 11.4. The van der Waals surface area contributed by atoms with Gasteiger partial charge in [-0.1, -0.05) is 6.92 Å². The molecule has 8 heteroatoms. The summed E-state index contributed by atoms with van der Waals surface area (Å²) in [5.41, 5.74) is 0.0396. The summed E-state index contributed by atoms with van der Waals surface area (Å²) in [6.07, 6.45) is 0. The molecule has 2 N–H and O–H groups in total. The van der Waals surface area contributed by atoms with Crippen LogP contribution in [0.5, 0.6) is 0 Å². The van der Waals surface area contributed by atoms with Crippen LogP contribution in [0.3, 0.4) is 0 Å². The van der Waals surface area contributed by atoms with Gasteiger partial charge in [0.2, 0.25) is 0 Å². The number of carboxylic acid groups (broad SMARTS) is 1. The van der Waals surface area contributed by atoms with Crippen LogP contribution < -0.4 is 5.32 Å². The van der Waals surface area contributed by atoms with Gasteiger partial charge in [-0.3, -0.25) is 10.1 Å². The number of nitrogens with zero attached hydrogens (tertiary/aromatic N) is 1. The van der Waals surface area contributed by atoms with E-state index < -0.39 is 23.9 Å². The van der Waals surface area contributed by atoms with Crippen molar-refractivity contribution < 1.29 is 24.2 Å². The number of thiophene rings is 1. The number of amides is 2. The molecule has 0 saturated carbocycles. The Hall–Kier alpha value is -2.09. The first kappa shape index (κ1) is 16.0. The van der Waals surface area contributed by atoms with Gasteiger partial charge in [-0.2, -0.15) is 0 Å². The van der Waals surface area contributed by atoms with Crippen LogP contribution in [0, 0.1) is 5.92 Å². The molecule has 0 aromatic carbocycles. The molecule has 0 aliphatic heterocycles. The van der Waals surface area contributed by atoms with Crippen molar-refractivity contribution in [2.75, 3.05) is 26.0 Å². The zero-order valence-corrected chi connectivity index (χ0v) is 12.2. The van der Waals surface area contributed by atoms with E-state index in [1.165, 1.54) is 25.1 Å². The third-order valence-electron chi connectivity index (χ3n) is 2.61. The van der Waals surface area contributed by atoms with Gasteiger partial charge in [-0.05, 0) is 11.4 Å². The largest absolute Gasteiger partial charge is 0.478 e. The van der Waals surface area contributed by atoms with Crippen LogP contribution in [-0.2, 0) is 9.53 Å². The molecule has 0 aliphatic carbocycles. The lowest BCUT2D eigenvalue weighted by molar-refractivity contribution is -0.145. The molecule has 0 spiro atoms. The number of methoxy groups -OCH3 is 1. The molecule has 2 amide bonds. The minimum atomic E-state index is -1.10. The van der Waals surface area contributed by atoms with E-state index in [-0.39, 0.29) is 17.1 Å². The Morgan fingerprint density at radius 1 is 1.50 bits per heavy atom. The molecule has 0 saturated heterocycles. The second-order valence-electron chi connectivity index (χ2n) is 4.20. The highest BCUT2D eigenvalue weighted by molar-refractivity contribution is 7.14. The van der Waals surface area contributed by atoms with E-state index in [0.717, 1.165) is 11.3 Å². The third-order valence-corrected chi connectivity index (χ3v) is 3.44. The Labute approximate surface area is 120 Å². The average Bonchev–Trinajstić information content (AvgIpc) is 2.85. The van der Waals surface area contributed by atoms with E-state index in [0.29, 0.717) is 0 Å². The van der Waals surface area contributed by atoms with Gasteiger partial charge >= 0.3 is 18.0 Å². The van der Waals surface area contributed by atoms with Gasteiger partial charge in [0, 0.05) is 13.6 Å². The van der Waals surface area contributed by atoms with Crippen molar-refractivity contribution in [1.82, 2.24) is 4.90 Å². The van der Waals surface area contributed by atoms with Crippen LogP contribution in [0.2, 0.25) is 0 Å². The molecule has 7 nitrogen and oxygen atoms in total. The average molecular weight is 300 g/mol. The highest BCUT2D eigenvalue weighted by atomic mass is 32.1. The summed E-state index contributed by atoms with van der Waals surface area (Å²) in [6, 6.07) is 0.936. The number of carbonyl (C=O) groups excluding carboxylic acids is 2. The maximum atomic E-state index is 11.9. The van der Waals surface area contributed by atoms with Crippen molar-refractivity contribution in [3.63, 3.8) is 0 Å². The lowest BCUT2D eigenvalue weighted by atomic mass is 10.2. The molecule has 1 unspecified atom stereocenters. The quantitative estimate of drug-likeness (QED) is 0.807. The van der Waals surface area contributed by atoms with Crippen molar-refractivity contribution in [3.8, 4) is 0 Å². The van der Waals surface area contributed by atoms with Crippen molar-refractivity contribution in [1.29, 1.82) is 0 Å². The standard InChI is InChI=1S/C12H16N2O5S/c1-7(11(17)19-3)6-14(2)12(18)13-9-8(10(15)16)4-5-20-9/h4-5,7H,6H2,1-3H3,(H,13,18)(H,15,16). The highest BCUT2D eigenvalue weighted by Gasteiger charge is 2.20. The number of ether oxygens (including phenoxy) is 1. The zero-order chi connectivity index (χ0) is 15.3. The van der Waals surface area contributed by atoms with Crippen molar-refractivity contribution in [3.05, 3.63) is 17.0 Å². The van der Waals surface area contributed by atoms with Gasteiger partial charge in [-0.15, -0.1) is 11.3 Å². The smallest absolute Gasteiger partial charge is 0.338 e. The summed E-state index contributed by atoms with van der Waals surface area (Å²) in [6.45, 7) is 1.82. The van der Waals surface area contributed by atoms with E-state index in [9.17, 15) is 14.4 Å². The predicted octanol–water partition coefficient (Wildman–Crippen LogP) is 1.72. The Balaban J connectivity index is 2.64. The molecule has 1 aromatic rings. The van der Waals surface area contributed by atoms with Gasteiger partial charge in [0.15, 0.2) is 0 Å². The van der Waals surface area contributed by atoms with Crippen LogP contribution in [0.1, 0.15) is 17.3 Å². The van der Waals surface area contributed by atoms with Crippen molar-refractivity contribution >= 4 is 34.3 Å². The molecule has 0 bridgehead atoms. The topological polar surface area (TPSA) is 95.9 Å². The van der Waals surface area contributed by atoms with Crippen LogP contribution in [0.15, 0.2) is 11.4 Å². The SMILES string of the molecule is COC(=O)C(C)CN(C)C(=O)Nc1sccc1C(=O)O. The summed E-state index contributed by atoms with van der Waals surface area (Å²) in [5, 5.41) is 13.3. The molecule has 1 heterocycles. The Kier molecular flexibility index (Phi) is 5.51. The van der Waals surface area contributed by atoms with Gasteiger partial charge in [-0.25, -0.2) is 9.59 Å². The predicted molar refractivity (Wildman–Crippen MR) is 74.1 cm³/mol. The molecule has 20 heavy (non-hydrogen) atoms. The summed E-state index contributed by atoms with van der Waals surface area (Å²) in [4.78, 5) is 35.4. The summed E-state index contributed by atoms with van der Waals surface area (Å²) in [7, 11) is 2.80. The van der Waals surface area contributed by atoms with Crippen LogP contribution in [0.4, 0.5) is 9.80 Å².